The van der Waals surface area contributed by atoms with Crippen LogP contribution in [0.2, 0.25) is 0 Å². The van der Waals surface area contributed by atoms with Crippen LogP contribution in [-0.4, -0.2) is 57.6 Å². The van der Waals surface area contributed by atoms with Crippen LogP contribution in [0.4, 0.5) is 0 Å². The molecule has 6 heteroatoms. The summed E-state index contributed by atoms with van der Waals surface area (Å²) in [5.74, 6) is 1.63. The van der Waals surface area contributed by atoms with Crippen LogP contribution in [0.15, 0.2) is 47.5 Å². The highest BCUT2D eigenvalue weighted by molar-refractivity contribution is 5.94. The molecule has 0 aromatic heterocycles. The van der Waals surface area contributed by atoms with Gasteiger partial charge in [0.25, 0.3) is 5.91 Å². The molecule has 2 N–H and O–H groups in total. The van der Waals surface area contributed by atoms with Crippen molar-refractivity contribution in [3.63, 3.8) is 0 Å². The molecule has 0 spiro atoms. The van der Waals surface area contributed by atoms with Gasteiger partial charge < -0.3 is 20.3 Å². The normalized spacial score (nSPS) is 11.1. The van der Waals surface area contributed by atoms with Gasteiger partial charge in [0.15, 0.2) is 5.96 Å². The minimum absolute atomic E-state index is 0.0149. The summed E-state index contributed by atoms with van der Waals surface area (Å²) in [6.45, 7) is 6.06. The first-order valence-corrected chi connectivity index (χ1v) is 9.85. The third kappa shape index (κ3) is 7.49. The number of amides is 1. The monoisotopic (exact) mass is 396 g/mol. The van der Waals surface area contributed by atoms with Crippen molar-refractivity contribution in [1.82, 2.24) is 15.5 Å². The van der Waals surface area contributed by atoms with Crippen molar-refractivity contribution < 1.29 is 9.53 Å². The van der Waals surface area contributed by atoms with Gasteiger partial charge in [-0.15, -0.1) is 0 Å². The summed E-state index contributed by atoms with van der Waals surface area (Å²) >= 11 is 0. The van der Waals surface area contributed by atoms with Gasteiger partial charge in [-0.2, -0.15) is 0 Å². The van der Waals surface area contributed by atoms with Gasteiger partial charge in [0.1, 0.15) is 12.4 Å². The fraction of sp³-hybridized carbons (Fsp3) is 0.391. The van der Waals surface area contributed by atoms with E-state index in [1.54, 1.807) is 26.0 Å². The molecule has 2 aromatic carbocycles. The molecule has 0 heterocycles. The quantitative estimate of drug-likeness (QED) is 0.409. The summed E-state index contributed by atoms with van der Waals surface area (Å²) < 4.78 is 5.81. The summed E-state index contributed by atoms with van der Waals surface area (Å²) in [7, 11) is 5.27. The third-order valence-corrected chi connectivity index (χ3v) is 4.37. The van der Waals surface area contributed by atoms with Crippen molar-refractivity contribution in [3.8, 4) is 5.75 Å². The highest BCUT2D eigenvalue weighted by atomic mass is 16.5. The van der Waals surface area contributed by atoms with Crippen LogP contribution >= 0.6 is 0 Å². The highest BCUT2D eigenvalue weighted by Gasteiger charge is 2.08. The van der Waals surface area contributed by atoms with E-state index in [4.69, 9.17) is 4.74 Å². The number of hydrogen-bond donors (Lipinski definition) is 2. The molecule has 0 fully saturated rings. The summed E-state index contributed by atoms with van der Waals surface area (Å²) in [5.41, 5.74) is 4.21. The van der Waals surface area contributed by atoms with Gasteiger partial charge in [-0.1, -0.05) is 18.2 Å². The SMILES string of the molecule is CN=C(NCCOc1cc(C)cc(C)c1)NCCc1cccc(C(=O)N(C)C)c1. The van der Waals surface area contributed by atoms with Gasteiger partial charge >= 0.3 is 0 Å². The van der Waals surface area contributed by atoms with Crippen molar-refractivity contribution in [2.24, 2.45) is 4.99 Å². The number of aliphatic imine (C=N–C) groups is 1. The van der Waals surface area contributed by atoms with Crippen LogP contribution in [0.25, 0.3) is 0 Å². The van der Waals surface area contributed by atoms with E-state index in [1.165, 1.54) is 11.1 Å². The lowest BCUT2D eigenvalue weighted by Gasteiger charge is -2.14. The van der Waals surface area contributed by atoms with Crippen LogP contribution in [0.3, 0.4) is 0 Å². The molecule has 6 nitrogen and oxygen atoms in total. The lowest BCUT2D eigenvalue weighted by Crippen LogP contribution is -2.40. The van der Waals surface area contributed by atoms with E-state index in [2.05, 4.69) is 35.5 Å². The van der Waals surface area contributed by atoms with E-state index in [1.807, 2.05) is 36.4 Å². The lowest BCUT2D eigenvalue weighted by molar-refractivity contribution is 0.0827. The molecule has 0 bridgehead atoms. The minimum atomic E-state index is 0.0149. The molecule has 0 aliphatic rings. The van der Waals surface area contributed by atoms with Crippen LogP contribution in [-0.2, 0) is 6.42 Å². The number of nitrogens with one attached hydrogen (secondary N) is 2. The standard InChI is InChI=1S/C23H32N4O2/c1-17-13-18(2)15-21(14-17)29-12-11-26-23(24-3)25-10-9-19-7-6-8-20(16-19)22(28)27(4)5/h6-8,13-16H,9-12H2,1-5H3,(H2,24,25,26). The molecule has 29 heavy (non-hydrogen) atoms. The second kappa shape index (κ2) is 11.1. The molecule has 2 aromatic rings. The summed E-state index contributed by atoms with van der Waals surface area (Å²) in [4.78, 5) is 17.9. The predicted octanol–water partition coefficient (Wildman–Crippen LogP) is 2.79. The number of carbonyl (C=O) groups excluding carboxylic acids is 1. The molecular weight excluding hydrogens is 364 g/mol. The molecule has 0 radical (unpaired) electrons. The Bertz CT molecular complexity index is 826. The number of carbonyl (C=O) groups is 1. The summed E-state index contributed by atoms with van der Waals surface area (Å²) in [6, 6.07) is 13.9. The van der Waals surface area contributed by atoms with Crippen molar-refractivity contribution >= 4 is 11.9 Å². The molecule has 0 unspecified atom stereocenters. The first-order chi connectivity index (χ1) is 13.9. The van der Waals surface area contributed by atoms with E-state index in [0.29, 0.717) is 18.7 Å². The van der Waals surface area contributed by atoms with Crippen molar-refractivity contribution in [2.75, 3.05) is 40.8 Å². The first kappa shape index (κ1) is 22.3. The van der Waals surface area contributed by atoms with Gasteiger partial charge in [0, 0.05) is 33.3 Å². The van der Waals surface area contributed by atoms with Crippen molar-refractivity contribution in [2.45, 2.75) is 20.3 Å². The zero-order valence-electron chi connectivity index (χ0n) is 18.1. The number of benzene rings is 2. The second-order valence-electron chi connectivity index (χ2n) is 7.25. The van der Waals surface area contributed by atoms with Crippen molar-refractivity contribution in [1.29, 1.82) is 0 Å². The smallest absolute Gasteiger partial charge is 0.253 e. The molecule has 0 aliphatic heterocycles. The Kier molecular flexibility index (Phi) is 8.52. The molecule has 0 aliphatic carbocycles. The van der Waals surface area contributed by atoms with Crippen LogP contribution in [0.5, 0.6) is 5.75 Å². The van der Waals surface area contributed by atoms with Gasteiger partial charge in [-0.05, 0) is 61.2 Å². The maximum absolute atomic E-state index is 12.1. The molecule has 1 amide bonds. The average molecular weight is 397 g/mol. The molecule has 2 rings (SSSR count). The van der Waals surface area contributed by atoms with E-state index in [-0.39, 0.29) is 5.91 Å². The number of aryl methyl sites for hydroxylation is 2. The number of rotatable bonds is 8. The van der Waals surface area contributed by atoms with Crippen LogP contribution in [0.1, 0.15) is 27.0 Å². The van der Waals surface area contributed by atoms with Gasteiger partial charge in [0.2, 0.25) is 0 Å². The van der Waals surface area contributed by atoms with E-state index < -0.39 is 0 Å². The minimum Gasteiger partial charge on any atom is -0.492 e. The van der Waals surface area contributed by atoms with Crippen LogP contribution < -0.4 is 15.4 Å². The summed E-state index contributed by atoms with van der Waals surface area (Å²) in [5, 5.41) is 6.55. The number of nitrogens with zero attached hydrogens (tertiary/aromatic N) is 2. The van der Waals surface area contributed by atoms with Gasteiger partial charge in [-0.25, -0.2) is 0 Å². The van der Waals surface area contributed by atoms with E-state index >= 15 is 0 Å². The average Bonchev–Trinajstić information content (AvgIpc) is 2.68. The molecule has 0 saturated heterocycles. The maximum Gasteiger partial charge on any atom is 0.253 e. The zero-order valence-corrected chi connectivity index (χ0v) is 18.1. The Hall–Kier alpha value is -3.02. The Balaban J connectivity index is 1.74. The van der Waals surface area contributed by atoms with E-state index in [9.17, 15) is 4.79 Å². The van der Waals surface area contributed by atoms with Gasteiger partial charge in [-0.3, -0.25) is 9.79 Å². The largest absolute Gasteiger partial charge is 0.492 e. The fourth-order valence-corrected chi connectivity index (χ4v) is 3.02. The highest BCUT2D eigenvalue weighted by Crippen LogP contribution is 2.15. The van der Waals surface area contributed by atoms with Crippen LogP contribution in [0, 0.1) is 13.8 Å². The predicted molar refractivity (Wildman–Crippen MR) is 119 cm³/mol. The number of guanidine groups is 1. The Morgan fingerprint density at radius 3 is 2.38 bits per heavy atom. The number of ether oxygens (including phenoxy) is 1. The second-order valence-corrected chi connectivity index (χ2v) is 7.25. The Morgan fingerprint density at radius 2 is 1.72 bits per heavy atom. The van der Waals surface area contributed by atoms with E-state index in [0.717, 1.165) is 30.2 Å². The molecule has 0 atom stereocenters. The summed E-state index contributed by atoms with van der Waals surface area (Å²) in [6.07, 6.45) is 0.800. The molecule has 0 saturated carbocycles. The molecule has 156 valence electrons. The molecular formula is C23H32N4O2. The zero-order chi connectivity index (χ0) is 21.2. The topological polar surface area (TPSA) is 66.0 Å². The maximum atomic E-state index is 12.1. The van der Waals surface area contributed by atoms with Crippen molar-refractivity contribution in [3.05, 3.63) is 64.7 Å². The fourth-order valence-electron chi connectivity index (χ4n) is 3.02. The van der Waals surface area contributed by atoms with Gasteiger partial charge in [0.05, 0.1) is 6.54 Å². The Morgan fingerprint density at radius 1 is 1.03 bits per heavy atom. The lowest BCUT2D eigenvalue weighted by atomic mass is 10.1. The first-order valence-electron chi connectivity index (χ1n) is 9.85. The Labute approximate surface area is 174 Å². The third-order valence-electron chi connectivity index (χ3n) is 4.37. The number of hydrogen-bond acceptors (Lipinski definition) is 3.